The Labute approximate surface area is 105 Å². The van der Waals surface area contributed by atoms with Gasteiger partial charge in [-0.3, -0.25) is 0 Å². The Hall–Kier alpha value is -0.200. The third-order valence-electron chi connectivity index (χ3n) is 3.08. The molecule has 16 heavy (non-hydrogen) atoms. The van der Waals surface area contributed by atoms with Crippen LogP contribution in [0.3, 0.4) is 0 Å². The summed E-state index contributed by atoms with van der Waals surface area (Å²) in [5, 5.41) is 12.3. The predicted molar refractivity (Wildman–Crippen MR) is 73.8 cm³/mol. The lowest BCUT2D eigenvalue weighted by molar-refractivity contribution is 0.400. The molecule has 94 valence electrons. The summed E-state index contributed by atoms with van der Waals surface area (Å²) < 4.78 is 0. The molecule has 0 heterocycles. The third kappa shape index (κ3) is 6.40. The van der Waals surface area contributed by atoms with E-state index in [1.54, 1.807) is 0 Å². The van der Waals surface area contributed by atoms with E-state index < -0.39 is 0 Å². The van der Waals surface area contributed by atoms with E-state index in [-0.39, 0.29) is 5.54 Å². The van der Waals surface area contributed by atoms with Crippen LogP contribution < -0.4 is 5.32 Å². The average Bonchev–Trinajstić information content (AvgIpc) is 2.34. The van der Waals surface area contributed by atoms with Crippen molar-refractivity contribution < 1.29 is 0 Å². The van der Waals surface area contributed by atoms with Gasteiger partial charge in [0.05, 0.1) is 6.07 Å². The molecule has 0 spiro atoms. The zero-order valence-electron chi connectivity index (χ0n) is 11.0. The Morgan fingerprint density at radius 2 is 1.88 bits per heavy atom. The maximum absolute atomic E-state index is 9.13. The minimum atomic E-state index is -0.288. The lowest BCUT2D eigenvalue weighted by Crippen LogP contribution is -2.40. The highest BCUT2D eigenvalue weighted by Gasteiger charge is 2.24. The molecule has 0 aromatic heterocycles. The summed E-state index contributed by atoms with van der Waals surface area (Å²) in [7, 11) is 1.89. The van der Waals surface area contributed by atoms with E-state index >= 15 is 0 Å². The number of thioether (sulfide) groups is 1. The van der Waals surface area contributed by atoms with Crippen LogP contribution >= 0.6 is 11.8 Å². The highest BCUT2D eigenvalue weighted by atomic mass is 32.2. The van der Waals surface area contributed by atoms with Gasteiger partial charge in [0.25, 0.3) is 0 Å². The van der Waals surface area contributed by atoms with Crippen molar-refractivity contribution in [3.63, 3.8) is 0 Å². The van der Waals surface area contributed by atoms with Crippen LogP contribution in [0.2, 0.25) is 0 Å². The number of nitriles is 1. The fourth-order valence-electron chi connectivity index (χ4n) is 1.70. The van der Waals surface area contributed by atoms with Crippen molar-refractivity contribution >= 4 is 11.8 Å². The third-order valence-corrected chi connectivity index (χ3v) is 4.24. The zero-order valence-corrected chi connectivity index (χ0v) is 11.8. The molecule has 0 aliphatic carbocycles. The highest BCUT2D eigenvalue weighted by molar-refractivity contribution is 7.99. The van der Waals surface area contributed by atoms with Crippen LogP contribution in [-0.2, 0) is 0 Å². The number of unbranched alkanes of at least 4 members (excludes halogenated alkanes) is 2. The van der Waals surface area contributed by atoms with Crippen LogP contribution in [-0.4, -0.2) is 24.1 Å². The molecule has 1 unspecified atom stereocenters. The van der Waals surface area contributed by atoms with Crippen molar-refractivity contribution in [3.05, 3.63) is 0 Å². The minimum Gasteiger partial charge on any atom is -0.302 e. The molecule has 0 radical (unpaired) electrons. The summed E-state index contributed by atoms with van der Waals surface area (Å²) >= 11 is 2.03. The Bertz CT molecular complexity index is 195. The SMILES string of the molecule is CCCCCSCCCC(C#N)(CC)NC. The first kappa shape index (κ1) is 15.8. The van der Waals surface area contributed by atoms with Crippen LogP contribution in [0.4, 0.5) is 0 Å². The van der Waals surface area contributed by atoms with Gasteiger partial charge in [-0.15, -0.1) is 0 Å². The monoisotopic (exact) mass is 242 g/mol. The minimum absolute atomic E-state index is 0.288. The summed E-state index contributed by atoms with van der Waals surface area (Å²) in [6, 6.07) is 2.41. The Balaban J connectivity index is 3.53. The number of hydrogen-bond donors (Lipinski definition) is 1. The number of rotatable bonds is 10. The van der Waals surface area contributed by atoms with Gasteiger partial charge in [0.15, 0.2) is 0 Å². The Morgan fingerprint density at radius 1 is 1.19 bits per heavy atom. The molecule has 0 amide bonds. The van der Waals surface area contributed by atoms with Crippen LogP contribution in [0.5, 0.6) is 0 Å². The summed E-state index contributed by atoms with van der Waals surface area (Å²) in [5.74, 6) is 2.47. The predicted octanol–water partition coefficient (Wildman–Crippen LogP) is 3.58. The summed E-state index contributed by atoms with van der Waals surface area (Å²) in [5.41, 5.74) is -0.288. The van der Waals surface area contributed by atoms with Crippen molar-refractivity contribution in [1.82, 2.24) is 5.32 Å². The van der Waals surface area contributed by atoms with Gasteiger partial charge >= 0.3 is 0 Å². The van der Waals surface area contributed by atoms with E-state index in [0.717, 1.165) is 19.3 Å². The van der Waals surface area contributed by atoms with Crippen molar-refractivity contribution in [3.8, 4) is 6.07 Å². The molecule has 2 nitrogen and oxygen atoms in total. The van der Waals surface area contributed by atoms with Crippen molar-refractivity contribution in [2.75, 3.05) is 18.6 Å². The molecule has 1 N–H and O–H groups in total. The van der Waals surface area contributed by atoms with Gasteiger partial charge in [0, 0.05) is 0 Å². The quantitative estimate of drug-likeness (QED) is 0.595. The van der Waals surface area contributed by atoms with E-state index in [2.05, 4.69) is 25.2 Å². The molecular formula is C13H26N2S. The summed E-state index contributed by atoms with van der Waals surface area (Å²) in [6.45, 7) is 4.31. The molecule has 1 atom stereocenters. The topological polar surface area (TPSA) is 35.8 Å². The van der Waals surface area contributed by atoms with Gasteiger partial charge in [-0.2, -0.15) is 17.0 Å². The summed E-state index contributed by atoms with van der Waals surface area (Å²) in [4.78, 5) is 0. The largest absolute Gasteiger partial charge is 0.302 e. The first-order chi connectivity index (χ1) is 7.74. The molecule has 0 saturated carbocycles. The second kappa shape index (κ2) is 9.99. The van der Waals surface area contributed by atoms with E-state index in [1.807, 2.05) is 18.8 Å². The second-order valence-corrected chi connectivity index (χ2v) is 5.45. The summed E-state index contributed by atoms with van der Waals surface area (Å²) in [6.07, 6.45) is 6.98. The number of hydrogen-bond acceptors (Lipinski definition) is 3. The van der Waals surface area contributed by atoms with Crippen LogP contribution in [0.1, 0.15) is 52.4 Å². The first-order valence-electron chi connectivity index (χ1n) is 6.42. The highest BCUT2D eigenvalue weighted by Crippen LogP contribution is 2.18. The molecule has 0 aromatic carbocycles. The van der Waals surface area contributed by atoms with Crippen molar-refractivity contribution in [2.24, 2.45) is 0 Å². The van der Waals surface area contributed by atoms with Gasteiger partial charge in [-0.25, -0.2) is 0 Å². The van der Waals surface area contributed by atoms with Gasteiger partial charge in [-0.05, 0) is 44.2 Å². The molecular weight excluding hydrogens is 216 g/mol. The maximum Gasteiger partial charge on any atom is 0.106 e. The lowest BCUT2D eigenvalue weighted by Gasteiger charge is -2.24. The van der Waals surface area contributed by atoms with Gasteiger partial charge < -0.3 is 5.32 Å². The fourth-order valence-corrected chi connectivity index (χ4v) is 2.66. The molecule has 0 saturated heterocycles. The molecule has 0 rings (SSSR count). The zero-order chi connectivity index (χ0) is 12.3. The van der Waals surface area contributed by atoms with E-state index in [1.165, 1.54) is 30.8 Å². The smallest absolute Gasteiger partial charge is 0.106 e. The van der Waals surface area contributed by atoms with E-state index in [4.69, 9.17) is 5.26 Å². The maximum atomic E-state index is 9.13. The molecule has 0 aromatic rings. The van der Waals surface area contributed by atoms with Crippen molar-refractivity contribution in [1.29, 1.82) is 5.26 Å². The second-order valence-electron chi connectivity index (χ2n) is 4.22. The normalized spacial score (nSPS) is 14.4. The lowest BCUT2D eigenvalue weighted by atomic mass is 9.93. The van der Waals surface area contributed by atoms with Crippen molar-refractivity contribution in [2.45, 2.75) is 57.9 Å². The van der Waals surface area contributed by atoms with Gasteiger partial charge in [0.2, 0.25) is 0 Å². The Kier molecular flexibility index (Phi) is 9.86. The molecule has 0 aliphatic heterocycles. The molecule has 0 aliphatic rings. The molecule has 0 bridgehead atoms. The Morgan fingerprint density at radius 3 is 2.38 bits per heavy atom. The fraction of sp³-hybridized carbons (Fsp3) is 0.923. The average molecular weight is 242 g/mol. The van der Waals surface area contributed by atoms with E-state index in [0.29, 0.717) is 0 Å². The molecule has 3 heteroatoms. The number of nitrogens with one attached hydrogen (secondary N) is 1. The van der Waals surface area contributed by atoms with Crippen LogP contribution in [0.15, 0.2) is 0 Å². The van der Waals surface area contributed by atoms with Crippen LogP contribution in [0, 0.1) is 11.3 Å². The molecule has 0 fully saturated rings. The first-order valence-corrected chi connectivity index (χ1v) is 7.58. The number of nitrogens with zero attached hydrogens (tertiary/aromatic N) is 1. The van der Waals surface area contributed by atoms with Gasteiger partial charge in [-0.1, -0.05) is 26.7 Å². The standard InChI is InChI=1S/C13H26N2S/c1-4-6-7-10-16-11-8-9-13(5-2,12-14)15-3/h15H,4-11H2,1-3H3. The van der Waals surface area contributed by atoms with E-state index in [9.17, 15) is 0 Å². The van der Waals surface area contributed by atoms with Crippen LogP contribution in [0.25, 0.3) is 0 Å². The van der Waals surface area contributed by atoms with Gasteiger partial charge in [0.1, 0.15) is 5.54 Å².